The molecule has 0 aliphatic heterocycles. The normalized spacial score (nSPS) is 12.7. The van der Waals surface area contributed by atoms with Crippen LogP contribution in [0.2, 0.25) is 0 Å². The third kappa shape index (κ3) is 7.66. The molecule has 40 heavy (non-hydrogen) atoms. The summed E-state index contributed by atoms with van der Waals surface area (Å²) in [5, 5.41) is 14.3. The van der Waals surface area contributed by atoms with Gasteiger partial charge in [0.15, 0.2) is 0 Å². The van der Waals surface area contributed by atoms with Gasteiger partial charge in [-0.15, -0.1) is 0 Å². The molecule has 12 heteroatoms. The lowest BCUT2D eigenvalue weighted by Gasteiger charge is -2.32. The Kier molecular flexibility index (Phi) is 10.4. The van der Waals surface area contributed by atoms with Gasteiger partial charge in [-0.3, -0.25) is 24.0 Å². The molecule has 0 spiro atoms. The maximum Gasteiger partial charge on any atom is 0.271 e. The molecule has 0 aromatic heterocycles. The summed E-state index contributed by atoms with van der Waals surface area (Å²) < 4.78 is 29.1. The van der Waals surface area contributed by atoms with Crippen molar-refractivity contribution in [2.45, 2.75) is 50.7 Å². The van der Waals surface area contributed by atoms with E-state index in [1.54, 1.807) is 43.3 Å². The smallest absolute Gasteiger partial charge is 0.271 e. The zero-order chi connectivity index (χ0) is 29.4. The molecule has 3 rings (SSSR count). The summed E-state index contributed by atoms with van der Waals surface area (Å²) in [5.41, 5.74) is 0.342. The van der Waals surface area contributed by atoms with Gasteiger partial charge in [0.25, 0.3) is 15.7 Å². The van der Waals surface area contributed by atoms with E-state index in [0.717, 1.165) is 20.4 Å². The molecule has 0 aliphatic rings. The van der Waals surface area contributed by atoms with Gasteiger partial charge >= 0.3 is 0 Å². The molecule has 0 saturated carbocycles. The lowest BCUT2D eigenvalue weighted by molar-refractivity contribution is -0.384. The molecular formula is C28H31BrN4O6S. The van der Waals surface area contributed by atoms with Gasteiger partial charge in [0.1, 0.15) is 12.6 Å². The molecule has 0 heterocycles. The summed E-state index contributed by atoms with van der Waals surface area (Å²) in [4.78, 5) is 39.0. The highest BCUT2D eigenvalue weighted by Gasteiger charge is 2.33. The molecule has 212 valence electrons. The highest BCUT2D eigenvalue weighted by Crippen LogP contribution is 2.27. The van der Waals surface area contributed by atoms with Crippen LogP contribution in [0, 0.1) is 10.1 Å². The highest BCUT2D eigenvalue weighted by atomic mass is 79.9. The van der Waals surface area contributed by atoms with E-state index >= 15 is 0 Å². The minimum Gasteiger partial charge on any atom is -0.352 e. The van der Waals surface area contributed by atoms with Crippen LogP contribution in [-0.2, 0) is 26.2 Å². The van der Waals surface area contributed by atoms with Crippen LogP contribution >= 0.6 is 15.9 Å². The van der Waals surface area contributed by atoms with E-state index in [1.165, 1.54) is 35.2 Å². The van der Waals surface area contributed by atoms with E-state index < -0.39 is 33.4 Å². The first-order valence-electron chi connectivity index (χ1n) is 12.6. The SMILES string of the molecule is CC[C@H](C)NC(=O)[C@@H](C)N(Cc1cccc(Br)c1)C(=O)CN(c1cccc([N+](=O)[O-])c1)S(=O)(=O)c1ccccc1. The summed E-state index contributed by atoms with van der Waals surface area (Å²) in [6, 6.07) is 18.7. The number of rotatable bonds is 12. The number of carbonyl (C=O) groups is 2. The topological polar surface area (TPSA) is 130 Å². The van der Waals surface area contributed by atoms with Gasteiger partial charge in [0.2, 0.25) is 11.8 Å². The summed E-state index contributed by atoms with van der Waals surface area (Å²) in [7, 11) is -4.32. The number of amides is 2. The van der Waals surface area contributed by atoms with Crippen molar-refractivity contribution in [1.29, 1.82) is 0 Å². The van der Waals surface area contributed by atoms with Gasteiger partial charge in [0.05, 0.1) is 15.5 Å². The van der Waals surface area contributed by atoms with Crippen molar-refractivity contribution in [3.05, 3.63) is 99.0 Å². The Morgan fingerprint density at radius 1 is 1.00 bits per heavy atom. The van der Waals surface area contributed by atoms with Gasteiger partial charge in [-0.25, -0.2) is 8.42 Å². The molecule has 0 aliphatic carbocycles. The number of halogens is 1. The van der Waals surface area contributed by atoms with E-state index in [2.05, 4.69) is 21.2 Å². The highest BCUT2D eigenvalue weighted by molar-refractivity contribution is 9.10. The van der Waals surface area contributed by atoms with E-state index in [-0.39, 0.29) is 34.8 Å². The fourth-order valence-corrected chi connectivity index (χ4v) is 5.76. The molecule has 0 unspecified atom stereocenters. The van der Waals surface area contributed by atoms with Crippen LogP contribution in [0.25, 0.3) is 0 Å². The second-order valence-electron chi connectivity index (χ2n) is 9.25. The summed E-state index contributed by atoms with van der Waals surface area (Å²) in [6.45, 7) is 4.69. The quantitative estimate of drug-likeness (QED) is 0.224. The van der Waals surface area contributed by atoms with Gasteiger partial charge in [-0.2, -0.15) is 0 Å². The molecule has 3 aromatic rings. The zero-order valence-corrected chi connectivity index (χ0v) is 24.8. The molecule has 3 aromatic carbocycles. The molecule has 1 N–H and O–H groups in total. The van der Waals surface area contributed by atoms with Crippen LogP contribution in [0.5, 0.6) is 0 Å². The van der Waals surface area contributed by atoms with Crippen molar-refractivity contribution >= 4 is 49.1 Å². The first-order valence-corrected chi connectivity index (χ1v) is 14.8. The largest absolute Gasteiger partial charge is 0.352 e. The number of sulfonamides is 1. The average molecular weight is 632 g/mol. The van der Waals surface area contributed by atoms with Crippen molar-refractivity contribution in [2.75, 3.05) is 10.8 Å². The monoisotopic (exact) mass is 630 g/mol. The number of carbonyl (C=O) groups excluding carboxylic acids is 2. The molecule has 0 fully saturated rings. The van der Waals surface area contributed by atoms with Crippen molar-refractivity contribution in [3.8, 4) is 0 Å². The zero-order valence-electron chi connectivity index (χ0n) is 22.4. The number of nitro benzene ring substituents is 1. The summed E-state index contributed by atoms with van der Waals surface area (Å²) in [6.07, 6.45) is 0.688. The summed E-state index contributed by atoms with van der Waals surface area (Å²) >= 11 is 3.41. The number of nitro groups is 1. The Morgan fingerprint density at radius 3 is 2.30 bits per heavy atom. The van der Waals surface area contributed by atoms with Crippen LogP contribution < -0.4 is 9.62 Å². The second-order valence-corrected chi connectivity index (χ2v) is 12.0. The second kappa shape index (κ2) is 13.5. The van der Waals surface area contributed by atoms with E-state index in [0.29, 0.717) is 6.42 Å². The van der Waals surface area contributed by atoms with Gasteiger partial charge < -0.3 is 10.2 Å². The fraction of sp³-hybridized carbons (Fsp3) is 0.286. The molecular weight excluding hydrogens is 600 g/mol. The van der Waals surface area contributed by atoms with E-state index in [9.17, 15) is 28.1 Å². The molecule has 0 radical (unpaired) electrons. The Balaban J connectivity index is 2.06. The first-order chi connectivity index (χ1) is 18.9. The van der Waals surface area contributed by atoms with Crippen LogP contribution in [0.15, 0.2) is 88.2 Å². The molecule has 2 atom stereocenters. The third-order valence-corrected chi connectivity index (χ3v) is 8.63. The van der Waals surface area contributed by atoms with Crippen molar-refractivity contribution < 1.29 is 22.9 Å². The minimum atomic E-state index is -4.32. The predicted molar refractivity (Wildman–Crippen MR) is 156 cm³/mol. The molecule has 2 amide bonds. The van der Waals surface area contributed by atoms with Gasteiger partial charge in [-0.1, -0.05) is 59.3 Å². The van der Waals surface area contributed by atoms with Crippen molar-refractivity contribution in [2.24, 2.45) is 0 Å². The summed E-state index contributed by atoms with van der Waals surface area (Å²) in [5.74, 6) is -1.04. The molecule has 0 saturated heterocycles. The predicted octanol–water partition coefficient (Wildman–Crippen LogP) is 4.88. The number of nitrogens with one attached hydrogen (secondary N) is 1. The van der Waals surface area contributed by atoms with E-state index in [4.69, 9.17) is 0 Å². The Morgan fingerprint density at radius 2 is 1.68 bits per heavy atom. The fourth-order valence-electron chi connectivity index (χ4n) is 3.89. The van der Waals surface area contributed by atoms with Crippen LogP contribution in [0.1, 0.15) is 32.8 Å². The Hall–Kier alpha value is -3.77. The number of nitrogens with zero attached hydrogens (tertiary/aromatic N) is 3. The van der Waals surface area contributed by atoms with Gasteiger partial charge in [0, 0.05) is 29.2 Å². The average Bonchev–Trinajstić information content (AvgIpc) is 2.94. The molecule has 10 nitrogen and oxygen atoms in total. The van der Waals surface area contributed by atoms with Crippen molar-refractivity contribution in [3.63, 3.8) is 0 Å². The Bertz CT molecular complexity index is 1470. The maximum absolute atomic E-state index is 13.9. The number of benzene rings is 3. The van der Waals surface area contributed by atoms with Crippen LogP contribution in [0.3, 0.4) is 0 Å². The first kappa shape index (κ1) is 30.8. The van der Waals surface area contributed by atoms with Crippen LogP contribution in [0.4, 0.5) is 11.4 Å². The maximum atomic E-state index is 13.9. The Labute approximate surface area is 242 Å². The number of non-ortho nitro benzene ring substituents is 1. The molecule has 0 bridgehead atoms. The standard InChI is InChI=1S/C28H31BrN4O6S/c1-4-20(2)30-28(35)21(3)31(18-22-10-8-11-23(29)16-22)27(34)19-32(24-12-9-13-25(17-24)33(36)37)40(38,39)26-14-6-5-7-15-26/h5-17,20-21H,4,18-19H2,1-3H3,(H,30,35)/t20-,21+/m0/s1. The number of hydrogen-bond acceptors (Lipinski definition) is 6. The lowest BCUT2D eigenvalue weighted by Crippen LogP contribution is -2.52. The van der Waals surface area contributed by atoms with Crippen molar-refractivity contribution in [1.82, 2.24) is 10.2 Å². The van der Waals surface area contributed by atoms with Crippen LogP contribution in [-0.4, -0.2) is 48.7 Å². The van der Waals surface area contributed by atoms with Gasteiger partial charge in [-0.05, 0) is 56.2 Å². The third-order valence-electron chi connectivity index (χ3n) is 6.35. The number of anilines is 1. The lowest BCUT2D eigenvalue weighted by atomic mass is 10.1. The number of hydrogen-bond donors (Lipinski definition) is 1. The minimum absolute atomic E-state index is 0.0293. The van der Waals surface area contributed by atoms with E-state index in [1.807, 2.05) is 19.9 Å².